The zero-order chi connectivity index (χ0) is 15.2. The molecule has 110 valence electrons. The van der Waals surface area contributed by atoms with Crippen LogP contribution >= 0.6 is 15.9 Å². The van der Waals surface area contributed by atoms with E-state index in [0.29, 0.717) is 5.56 Å². The molecule has 0 amide bonds. The van der Waals surface area contributed by atoms with E-state index in [4.69, 9.17) is 5.11 Å². The minimum absolute atomic E-state index is 0.303. The predicted molar refractivity (Wildman–Crippen MR) is 87.3 cm³/mol. The largest absolute Gasteiger partial charge is 0.478 e. The first kappa shape index (κ1) is 15.7. The molecule has 0 aromatic heterocycles. The van der Waals surface area contributed by atoms with Crippen molar-refractivity contribution in [3.63, 3.8) is 0 Å². The van der Waals surface area contributed by atoms with Gasteiger partial charge in [0.05, 0.1) is 5.56 Å². The lowest BCUT2D eigenvalue weighted by Gasteiger charge is -2.21. The summed E-state index contributed by atoms with van der Waals surface area (Å²) in [4.78, 5) is 13.3. The SMILES string of the molecule is CCN(Cc1ccccc1)Cc1ccc(C(=O)O)cc1Br. The quantitative estimate of drug-likeness (QED) is 0.852. The monoisotopic (exact) mass is 347 g/mol. The van der Waals surface area contributed by atoms with Crippen molar-refractivity contribution in [2.24, 2.45) is 0 Å². The molecule has 1 N–H and O–H groups in total. The molecule has 0 bridgehead atoms. The van der Waals surface area contributed by atoms with Crippen molar-refractivity contribution in [2.75, 3.05) is 6.54 Å². The van der Waals surface area contributed by atoms with Gasteiger partial charge in [0, 0.05) is 17.6 Å². The first-order valence-corrected chi connectivity index (χ1v) is 7.67. The van der Waals surface area contributed by atoms with Gasteiger partial charge in [0.2, 0.25) is 0 Å². The van der Waals surface area contributed by atoms with Crippen LogP contribution in [0.25, 0.3) is 0 Å². The second-order valence-electron chi connectivity index (χ2n) is 4.90. The molecule has 3 nitrogen and oxygen atoms in total. The molecule has 0 aliphatic rings. The number of hydrogen-bond donors (Lipinski definition) is 1. The zero-order valence-electron chi connectivity index (χ0n) is 11.9. The summed E-state index contributed by atoms with van der Waals surface area (Å²) < 4.78 is 0.842. The van der Waals surface area contributed by atoms with Crippen LogP contribution in [0.15, 0.2) is 53.0 Å². The summed E-state index contributed by atoms with van der Waals surface area (Å²) in [5.41, 5.74) is 2.67. The van der Waals surface area contributed by atoms with Crippen molar-refractivity contribution in [3.8, 4) is 0 Å². The second kappa shape index (κ2) is 7.38. The summed E-state index contributed by atoms with van der Waals surface area (Å²) >= 11 is 3.47. The van der Waals surface area contributed by atoms with Crippen molar-refractivity contribution < 1.29 is 9.90 Å². The van der Waals surface area contributed by atoms with E-state index in [1.807, 2.05) is 24.3 Å². The van der Waals surface area contributed by atoms with Gasteiger partial charge in [-0.2, -0.15) is 0 Å². The number of carboxylic acids is 1. The van der Waals surface area contributed by atoms with E-state index in [2.05, 4.69) is 39.9 Å². The number of aromatic carboxylic acids is 1. The number of benzene rings is 2. The Labute approximate surface area is 133 Å². The summed E-state index contributed by atoms with van der Waals surface area (Å²) in [6.07, 6.45) is 0. The molecule has 2 aromatic rings. The molecule has 0 aliphatic heterocycles. The number of carboxylic acid groups (broad SMARTS) is 1. The Morgan fingerprint density at radius 3 is 2.43 bits per heavy atom. The molecule has 0 radical (unpaired) electrons. The van der Waals surface area contributed by atoms with Gasteiger partial charge in [0.25, 0.3) is 0 Å². The minimum atomic E-state index is -0.904. The van der Waals surface area contributed by atoms with Crippen LogP contribution in [0.5, 0.6) is 0 Å². The van der Waals surface area contributed by atoms with Crippen LogP contribution in [0.3, 0.4) is 0 Å². The van der Waals surface area contributed by atoms with Gasteiger partial charge in [-0.1, -0.05) is 59.3 Å². The van der Waals surface area contributed by atoms with E-state index in [1.165, 1.54) is 5.56 Å². The Morgan fingerprint density at radius 2 is 1.86 bits per heavy atom. The van der Waals surface area contributed by atoms with Gasteiger partial charge >= 0.3 is 5.97 Å². The standard InChI is InChI=1S/C17H18BrNO2/c1-2-19(11-13-6-4-3-5-7-13)12-15-9-8-14(17(20)21)10-16(15)18/h3-10H,2,11-12H2,1H3,(H,20,21). The molecule has 0 unspecified atom stereocenters. The Morgan fingerprint density at radius 1 is 1.14 bits per heavy atom. The van der Waals surface area contributed by atoms with Crippen LogP contribution in [-0.2, 0) is 13.1 Å². The van der Waals surface area contributed by atoms with Gasteiger partial charge < -0.3 is 5.11 Å². The van der Waals surface area contributed by atoms with Gasteiger partial charge in [-0.25, -0.2) is 4.79 Å². The Balaban J connectivity index is 2.10. The predicted octanol–water partition coefficient (Wildman–Crippen LogP) is 4.17. The van der Waals surface area contributed by atoms with E-state index < -0.39 is 5.97 Å². The molecule has 0 spiro atoms. The molecule has 0 saturated heterocycles. The van der Waals surface area contributed by atoms with E-state index in [0.717, 1.165) is 29.7 Å². The molecule has 0 atom stereocenters. The fourth-order valence-electron chi connectivity index (χ4n) is 2.17. The van der Waals surface area contributed by atoms with E-state index in [9.17, 15) is 4.79 Å². The smallest absolute Gasteiger partial charge is 0.335 e. The molecule has 0 fully saturated rings. The van der Waals surface area contributed by atoms with E-state index in [-0.39, 0.29) is 0 Å². The van der Waals surface area contributed by atoms with Crippen molar-refractivity contribution in [1.29, 1.82) is 0 Å². The van der Waals surface area contributed by atoms with Crippen molar-refractivity contribution in [2.45, 2.75) is 20.0 Å². The lowest BCUT2D eigenvalue weighted by atomic mass is 10.1. The number of hydrogen-bond acceptors (Lipinski definition) is 2. The van der Waals surface area contributed by atoms with Crippen molar-refractivity contribution in [1.82, 2.24) is 4.90 Å². The lowest BCUT2D eigenvalue weighted by molar-refractivity contribution is 0.0697. The summed E-state index contributed by atoms with van der Waals surface area (Å²) in [7, 11) is 0. The molecule has 2 rings (SSSR count). The third-order valence-electron chi connectivity index (χ3n) is 3.39. The maximum atomic E-state index is 11.0. The highest BCUT2D eigenvalue weighted by Gasteiger charge is 2.10. The molecular weight excluding hydrogens is 330 g/mol. The van der Waals surface area contributed by atoms with Crippen LogP contribution in [0.4, 0.5) is 0 Å². The molecule has 0 saturated carbocycles. The van der Waals surface area contributed by atoms with E-state index in [1.54, 1.807) is 12.1 Å². The zero-order valence-corrected chi connectivity index (χ0v) is 13.5. The minimum Gasteiger partial charge on any atom is -0.478 e. The highest BCUT2D eigenvalue weighted by atomic mass is 79.9. The number of carbonyl (C=O) groups is 1. The van der Waals surface area contributed by atoms with Crippen LogP contribution in [-0.4, -0.2) is 22.5 Å². The van der Waals surface area contributed by atoms with Gasteiger partial charge in [0.15, 0.2) is 0 Å². The lowest BCUT2D eigenvalue weighted by Crippen LogP contribution is -2.22. The fraction of sp³-hybridized carbons (Fsp3) is 0.235. The van der Waals surface area contributed by atoms with Gasteiger partial charge in [0.1, 0.15) is 0 Å². The number of rotatable bonds is 6. The maximum absolute atomic E-state index is 11.0. The molecule has 0 aliphatic carbocycles. The van der Waals surface area contributed by atoms with Gasteiger partial charge in [-0.15, -0.1) is 0 Å². The Hall–Kier alpha value is -1.65. The summed E-state index contributed by atoms with van der Waals surface area (Å²) in [6.45, 7) is 4.72. The highest BCUT2D eigenvalue weighted by Crippen LogP contribution is 2.21. The van der Waals surface area contributed by atoms with Crippen LogP contribution < -0.4 is 0 Å². The van der Waals surface area contributed by atoms with Gasteiger partial charge in [-0.3, -0.25) is 4.90 Å². The first-order valence-electron chi connectivity index (χ1n) is 6.88. The average molecular weight is 348 g/mol. The Bertz CT molecular complexity index is 613. The third-order valence-corrected chi connectivity index (χ3v) is 4.13. The van der Waals surface area contributed by atoms with Crippen LogP contribution in [0.2, 0.25) is 0 Å². The van der Waals surface area contributed by atoms with Crippen molar-refractivity contribution >= 4 is 21.9 Å². The van der Waals surface area contributed by atoms with Crippen molar-refractivity contribution in [3.05, 3.63) is 69.7 Å². The van der Waals surface area contributed by atoms with Gasteiger partial charge in [-0.05, 0) is 29.8 Å². The fourth-order valence-corrected chi connectivity index (χ4v) is 2.67. The molecule has 21 heavy (non-hydrogen) atoms. The first-order chi connectivity index (χ1) is 10.1. The molecular formula is C17H18BrNO2. The van der Waals surface area contributed by atoms with E-state index >= 15 is 0 Å². The normalized spacial score (nSPS) is 10.8. The maximum Gasteiger partial charge on any atom is 0.335 e. The average Bonchev–Trinajstić information content (AvgIpc) is 2.49. The molecule has 4 heteroatoms. The summed E-state index contributed by atoms with van der Waals surface area (Å²) in [5.74, 6) is -0.904. The summed E-state index contributed by atoms with van der Waals surface area (Å²) in [5, 5.41) is 8.99. The van der Waals surface area contributed by atoms with Crippen LogP contribution in [0, 0.1) is 0 Å². The summed E-state index contributed by atoms with van der Waals surface area (Å²) in [6, 6.07) is 15.5. The van der Waals surface area contributed by atoms with Crippen LogP contribution in [0.1, 0.15) is 28.4 Å². The molecule has 0 heterocycles. The second-order valence-corrected chi connectivity index (χ2v) is 5.75. The number of halogens is 1. The number of nitrogens with zero attached hydrogens (tertiary/aromatic N) is 1. The molecule has 2 aromatic carbocycles. The topological polar surface area (TPSA) is 40.5 Å². The third kappa shape index (κ3) is 4.41. The Kier molecular flexibility index (Phi) is 5.53. The highest BCUT2D eigenvalue weighted by molar-refractivity contribution is 9.10.